The third-order valence-corrected chi connectivity index (χ3v) is 2.42. The fourth-order valence-electron chi connectivity index (χ4n) is 0.875. The highest BCUT2D eigenvalue weighted by Crippen LogP contribution is 2.01. The van der Waals surface area contributed by atoms with Gasteiger partial charge in [0.1, 0.15) is 0 Å². The van der Waals surface area contributed by atoms with Crippen LogP contribution >= 0.6 is 11.6 Å². The van der Waals surface area contributed by atoms with Crippen LogP contribution in [0.2, 0.25) is 0 Å². The average Bonchev–Trinajstić information content (AvgIpc) is 2.59. The second-order valence-electron chi connectivity index (χ2n) is 3.13. The zero-order valence-corrected chi connectivity index (χ0v) is 9.10. The summed E-state index contributed by atoms with van der Waals surface area (Å²) in [6.07, 6.45) is 3.56. The van der Waals surface area contributed by atoms with Crippen LogP contribution in [0.1, 0.15) is 26.2 Å². The lowest BCUT2D eigenvalue weighted by atomic mass is 10.4. The van der Waals surface area contributed by atoms with Crippen molar-refractivity contribution in [2.75, 3.05) is 27.3 Å². The Hall–Kier alpha value is 0.210. The van der Waals surface area contributed by atoms with Crippen LogP contribution in [0.5, 0.6) is 0 Å². The molecule has 0 N–H and O–H groups in total. The molecule has 0 spiro atoms. The third kappa shape index (κ3) is 6.89. The predicted octanol–water partition coefficient (Wildman–Crippen LogP) is 2.32. The SMILES string of the molecule is C1CCOC1.CCC(Cl)N(C)C. The van der Waals surface area contributed by atoms with E-state index in [1.807, 2.05) is 19.0 Å². The molecule has 1 heterocycles. The maximum atomic E-state index is 5.73. The first-order chi connectivity index (χ1) is 5.68. The van der Waals surface area contributed by atoms with Crippen molar-refractivity contribution < 1.29 is 4.74 Å². The van der Waals surface area contributed by atoms with Gasteiger partial charge in [-0.25, -0.2) is 0 Å². The minimum Gasteiger partial charge on any atom is -0.381 e. The van der Waals surface area contributed by atoms with Crippen LogP contribution in [-0.4, -0.2) is 37.7 Å². The highest BCUT2D eigenvalue weighted by atomic mass is 35.5. The van der Waals surface area contributed by atoms with Crippen LogP contribution in [0.4, 0.5) is 0 Å². The number of alkyl halides is 1. The Morgan fingerprint density at radius 2 is 1.83 bits per heavy atom. The number of halogens is 1. The normalized spacial score (nSPS) is 18.8. The lowest BCUT2D eigenvalue weighted by Gasteiger charge is -2.13. The van der Waals surface area contributed by atoms with Crippen molar-refractivity contribution in [2.45, 2.75) is 31.7 Å². The van der Waals surface area contributed by atoms with Gasteiger partial charge in [-0.3, -0.25) is 4.90 Å². The summed E-state index contributed by atoms with van der Waals surface area (Å²) >= 11 is 5.73. The summed E-state index contributed by atoms with van der Waals surface area (Å²) in [6.45, 7) is 4.07. The van der Waals surface area contributed by atoms with Crippen molar-refractivity contribution in [1.82, 2.24) is 4.90 Å². The first-order valence-electron chi connectivity index (χ1n) is 4.56. The summed E-state index contributed by atoms with van der Waals surface area (Å²) in [6, 6.07) is 0. The summed E-state index contributed by atoms with van der Waals surface area (Å²) < 4.78 is 4.94. The molecule has 1 fully saturated rings. The molecule has 0 bridgehead atoms. The van der Waals surface area contributed by atoms with E-state index in [0.717, 1.165) is 19.6 Å². The molecular weight excluding hydrogens is 174 g/mol. The van der Waals surface area contributed by atoms with Crippen LogP contribution in [0.25, 0.3) is 0 Å². The molecule has 1 unspecified atom stereocenters. The van der Waals surface area contributed by atoms with E-state index in [4.69, 9.17) is 16.3 Å². The monoisotopic (exact) mass is 193 g/mol. The molecule has 0 aromatic rings. The highest BCUT2D eigenvalue weighted by molar-refractivity contribution is 6.20. The number of hydrogen-bond donors (Lipinski definition) is 0. The molecular formula is C9H20ClNO. The number of nitrogens with zero attached hydrogens (tertiary/aromatic N) is 1. The van der Waals surface area contributed by atoms with Gasteiger partial charge in [0.15, 0.2) is 0 Å². The first-order valence-corrected chi connectivity index (χ1v) is 5.00. The molecule has 74 valence electrons. The van der Waals surface area contributed by atoms with Crippen molar-refractivity contribution in [1.29, 1.82) is 0 Å². The lowest BCUT2D eigenvalue weighted by molar-refractivity contribution is 0.198. The fraction of sp³-hybridized carbons (Fsp3) is 1.00. The maximum absolute atomic E-state index is 5.73. The lowest BCUT2D eigenvalue weighted by Crippen LogP contribution is -2.20. The molecule has 1 rings (SSSR count). The molecule has 0 aromatic carbocycles. The minimum atomic E-state index is 0.208. The van der Waals surface area contributed by atoms with Crippen molar-refractivity contribution in [3.63, 3.8) is 0 Å². The Morgan fingerprint density at radius 3 is 1.92 bits per heavy atom. The predicted molar refractivity (Wildman–Crippen MR) is 53.7 cm³/mol. The largest absolute Gasteiger partial charge is 0.381 e. The molecule has 0 aromatic heterocycles. The topological polar surface area (TPSA) is 12.5 Å². The molecule has 3 heteroatoms. The second-order valence-corrected chi connectivity index (χ2v) is 3.63. The molecule has 2 nitrogen and oxygen atoms in total. The standard InChI is InChI=1S/C5H12ClN.C4H8O/c1-4-5(6)7(2)3;1-2-4-5-3-1/h5H,4H2,1-3H3;1-4H2. The van der Waals surface area contributed by atoms with Crippen LogP contribution in [0, 0.1) is 0 Å². The van der Waals surface area contributed by atoms with Crippen molar-refractivity contribution in [3.05, 3.63) is 0 Å². The fourth-order valence-corrected chi connectivity index (χ4v) is 0.875. The van der Waals surface area contributed by atoms with Gasteiger partial charge >= 0.3 is 0 Å². The second kappa shape index (κ2) is 7.84. The van der Waals surface area contributed by atoms with Crippen molar-refractivity contribution >= 4 is 11.6 Å². The summed E-state index contributed by atoms with van der Waals surface area (Å²) in [7, 11) is 3.95. The van der Waals surface area contributed by atoms with Gasteiger partial charge in [0.2, 0.25) is 0 Å². The Labute approximate surface area is 80.8 Å². The molecule has 1 aliphatic heterocycles. The van der Waals surface area contributed by atoms with Crippen molar-refractivity contribution in [2.24, 2.45) is 0 Å². The summed E-state index contributed by atoms with van der Waals surface area (Å²) in [5.74, 6) is 0. The van der Waals surface area contributed by atoms with Gasteiger partial charge in [0.25, 0.3) is 0 Å². The van der Waals surface area contributed by atoms with Gasteiger partial charge in [0, 0.05) is 13.2 Å². The van der Waals surface area contributed by atoms with Gasteiger partial charge in [0.05, 0.1) is 5.50 Å². The van der Waals surface area contributed by atoms with Gasteiger partial charge in [-0.2, -0.15) is 0 Å². The number of rotatable bonds is 2. The Kier molecular flexibility index (Phi) is 7.98. The van der Waals surface area contributed by atoms with E-state index in [9.17, 15) is 0 Å². The average molecular weight is 194 g/mol. The van der Waals surface area contributed by atoms with Crippen LogP contribution in [0.15, 0.2) is 0 Å². The zero-order chi connectivity index (χ0) is 9.40. The maximum Gasteiger partial charge on any atom is 0.0842 e. The van der Waals surface area contributed by atoms with E-state index >= 15 is 0 Å². The zero-order valence-electron chi connectivity index (χ0n) is 8.35. The van der Waals surface area contributed by atoms with Crippen LogP contribution in [-0.2, 0) is 4.74 Å². The van der Waals surface area contributed by atoms with Crippen molar-refractivity contribution in [3.8, 4) is 0 Å². The summed E-state index contributed by atoms with van der Waals surface area (Å²) in [5, 5.41) is 0. The smallest absolute Gasteiger partial charge is 0.0842 e. The molecule has 0 amide bonds. The van der Waals surface area contributed by atoms with Gasteiger partial charge in [-0.05, 0) is 33.4 Å². The van der Waals surface area contributed by atoms with Gasteiger partial charge in [-0.15, -0.1) is 11.6 Å². The third-order valence-electron chi connectivity index (χ3n) is 1.72. The molecule has 1 saturated heterocycles. The van der Waals surface area contributed by atoms with Gasteiger partial charge < -0.3 is 4.74 Å². The molecule has 1 atom stereocenters. The molecule has 0 radical (unpaired) electrons. The molecule has 0 aliphatic carbocycles. The summed E-state index contributed by atoms with van der Waals surface area (Å²) in [4.78, 5) is 1.99. The molecule has 12 heavy (non-hydrogen) atoms. The Balaban J connectivity index is 0.000000211. The Morgan fingerprint density at radius 1 is 1.33 bits per heavy atom. The van der Waals surface area contributed by atoms with Crippen LogP contribution in [0.3, 0.4) is 0 Å². The minimum absolute atomic E-state index is 0.208. The Bertz CT molecular complexity index is 86.9. The first kappa shape index (κ1) is 12.2. The number of hydrogen-bond acceptors (Lipinski definition) is 2. The number of ether oxygens (including phenoxy) is 1. The molecule has 0 saturated carbocycles. The molecule has 1 aliphatic rings. The highest BCUT2D eigenvalue weighted by Gasteiger charge is 1.99. The van der Waals surface area contributed by atoms with E-state index in [-0.39, 0.29) is 5.50 Å². The quantitative estimate of drug-likeness (QED) is 0.493. The van der Waals surface area contributed by atoms with E-state index in [1.54, 1.807) is 0 Å². The van der Waals surface area contributed by atoms with E-state index in [0.29, 0.717) is 0 Å². The van der Waals surface area contributed by atoms with E-state index in [1.165, 1.54) is 12.8 Å². The van der Waals surface area contributed by atoms with Gasteiger partial charge in [-0.1, -0.05) is 6.92 Å². The van der Waals surface area contributed by atoms with E-state index in [2.05, 4.69) is 6.92 Å². The summed E-state index contributed by atoms with van der Waals surface area (Å²) in [5.41, 5.74) is 0.208. The van der Waals surface area contributed by atoms with Crippen LogP contribution < -0.4 is 0 Å². The van der Waals surface area contributed by atoms with E-state index < -0.39 is 0 Å².